The van der Waals surface area contributed by atoms with E-state index < -0.39 is 18.1 Å². The minimum atomic E-state index is -4.84. The van der Waals surface area contributed by atoms with E-state index in [1.165, 1.54) is 18.2 Å². The number of carbonyl (C=O) groups excluding carboxylic acids is 1. The molecule has 0 heterocycles. The van der Waals surface area contributed by atoms with Gasteiger partial charge in [-0.05, 0) is 29.8 Å². The van der Waals surface area contributed by atoms with Gasteiger partial charge in [0.15, 0.2) is 5.75 Å². The molecule has 0 aliphatic rings. The molecule has 2 aromatic rings. The van der Waals surface area contributed by atoms with Gasteiger partial charge in [0.05, 0.1) is 12.8 Å². The van der Waals surface area contributed by atoms with Crippen molar-refractivity contribution in [3.8, 4) is 11.5 Å². The van der Waals surface area contributed by atoms with Gasteiger partial charge in [-0.25, -0.2) is 4.79 Å². The average Bonchev–Trinajstić information content (AvgIpc) is 2.54. The molecule has 0 atom stereocenters. The van der Waals surface area contributed by atoms with Crippen LogP contribution < -0.4 is 20.1 Å². The van der Waals surface area contributed by atoms with Crippen molar-refractivity contribution in [2.24, 2.45) is 0 Å². The summed E-state index contributed by atoms with van der Waals surface area (Å²) in [5, 5.41) is 4.87. The Kier molecular flexibility index (Phi) is 5.51. The Bertz CT molecular complexity index is 688. The molecule has 0 saturated heterocycles. The second kappa shape index (κ2) is 7.58. The number of carbonyl (C=O) groups is 1. The van der Waals surface area contributed by atoms with Crippen molar-refractivity contribution < 1.29 is 27.4 Å². The number of urea groups is 1. The summed E-state index contributed by atoms with van der Waals surface area (Å²) in [5.41, 5.74) is 0.729. The molecule has 0 bridgehead atoms. The van der Waals surface area contributed by atoms with Crippen LogP contribution in [-0.4, -0.2) is 19.5 Å². The van der Waals surface area contributed by atoms with Gasteiger partial charge in [-0.1, -0.05) is 24.3 Å². The number of hydrogen-bond donors (Lipinski definition) is 2. The summed E-state index contributed by atoms with van der Waals surface area (Å²) in [6, 6.07) is 11.6. The van der Waals surface area contributed by atoms with E-state index in [2.05, 4.69) is 15.4 Å². The molecule has 5 nitrogen and oxygen atoms in total. The lowest BCUT2D eigenvalue weighted by molar-refractivity contribution is -0.274. The van der Waals surface area contributed by atoms with E-state index in [-0.39, 0.29) is 12.2 Å². The number of halogens is 3. The van der Waals surface area contributed by atoms with Gasteiger partial charge in [-0.15, -0.1) is 13.2 Å². The Hall–Kier alpha value is -2.90. The van der Waals surface area contributed by atoms with Crippen molar-refractivity contribution in [2.45, 2.75) is 12.9 Å². The van der Waals surface area contributed by atoms with Crippen LogP contribution in [0.15, 0.2) is 48.5 Å². The molecule has 0 aliphatic carbocycles. The lowest BCUT2D eigenvalue weighted by Crippen LogP contribution is -2.28. The Morgan fingerprint density at radius 3 is 2.38 bits per heavy atom. The Balaban J connectivity index is 1.94. The lowest BCUT2D eigenvalue weighted by atomic mass is 10.2. The van der Waals surface area contributed by atoms with Crippen LogP contribution in [0.4, 0.5) is 23.7 Å². The minimum absolute atomic E-state index is 0.0814. The average molecular weight is 340 g/mol. The number of benzene rings is 2. The van der Waals surface area contributed by atoms with E-state index >= 15 is 0 Å². The van der Waals surface area contributed by atoms with Gasteiger partial charge in [0.1, 0.15) is 5.75 Å². The van der Waals surface area contributed by atoms with Crippen LogP contribution in [0, 0.1) is 0 Å². The maximum absolute atomic E-state index is 12.3. The topological polar surface area (TPSA) is 59.6 Å². The number of hydrogen-bond acceptors (Lipinski definition) is 3. The second-order valence-electron chi connectivity index (χ2n) is 4.70. The highest BCUT2D eigenvalue weighted by Gasteiger charge is 2.32. The Morgan fingerprint density at radius 2 is 1.75 bits per heavy atom. The third-order valence-corrected chi connectivity index (χ3v) is 2.97. The van der Waals surface area contributed by atoms with Crippen LogP contribution in [0.25, 0.3) is 0 Å². The van der Waals surface area contributed by atoms with Crippen molar-refractivity contribution in [3.05, 3.63) is 54.1 Å². The summed E-state index contributed by atoms with van der Waals surface area (Å²) in [6.07, 6.45) is -4.84. The first kappa shape index (κ1) is 17.5. The minimum Gasteiger partial charge on any atom is -0.497 e. The molecule has 0 fully saturated rings. The predicted octanol–water partition coefficient (Wildman–Crippen LogP) is 3.92. The van der Waals surface area contributed by atoms with Crippen molar-refractivity contribution in [3.63, 3.8) is 0 Å². The molecule has 0 saturated carbocycles. The van der Waals surface area contributed by atoms with Crippen LogP contribution in [-0.2, 0) is 6.54 Å². The summed E-state index contributed by atoms with van der Waals surface area (Å²) in [4.78, 5) is 11.8. The monoisotopic (exact) mass is 340 g/mol. The smallest absolute Gasteiger partial charge is 0.497 e. The standard InChI is InChI=1S/C16H15F3N2O3/c1-23-12-8-6-11(7-9-12)10-20-15(22)21-13-4-2-3-5-14(13)24-16(17,18)19/h2-9H,10H2,1H3,(H2,20,21,22). The molecule has 0 spiro atoms. The number of rotatable bonds is 5. The van der Waals surface area contributed by atoms with Gasteiger partial charge >= 0.3 is 12.4 Å². The highest BCUT2D eigenvalue weighted by Crippen LogP contribution is 2.29. The fourth-order valence-electron chi connectivity index (χ4n) is 1.88. The molecule has 2 N–H and O–H groups in total. The summed E-state index contributed by atoms with van der Waals surface area (Å²) < 4.78 is 45.9. The highest BCUT2D eigenvalue weighted by atomic mass is 19.4. The molecular formula is C16H15F3N2O3. The summed E-state index contributed by atoms with van der Waals surface area (Å²) in [7, 11) is 1.54. The fraction of sp³-hybridized carbons (Fsp3) is 0.188. The molecule has 24 heavy (non-hydrogen) atoms. The van der Waals surface area contributed by atoms with Gasteiger partial charge in [0, 0.05) is 6.54 Å². The molecular weight excluding hydrogens is 325 g/mol. The molecule has 0 unspecified atom stereocenters. The van der Waals surface area contributed by atoms with E-state index in [9.17, 15) is 18.0 Å². The van der Waals surface area contributed by atoms with E-state index in [1.807, 2.05) is 0 Å². The second-order valence-corrected chi connectivity index (χ2v) is 4.70. The number of methoxy groups -OCH3 is 1. The third-order valence-electron chi connectivity index (χ3n) is 2.97. The quantitative estimate of drug-likeness (QED) is 0.867. The summed E-state index contributed by atoms with van der Waals surface area (Å²) in [5.74, 6) is 0.200. The van der Waals surface area contributed by atoms with E-state index in [4.69, 9.17) is 4.74 Å². The summed E-state index contributed by atoms with van der Waals surface area (Å²) >= 11 is 0. The van der Waals surface area contributed by atoms with Crippen LogP contribution in [0.3, 0.4) is 0 Å². The largest absolute Gasteiger partial charge is 0.573 e. The molecule has 2 amide bonds. The summed E-state index contributed by atoms with van der Waals surface area (Å²) in [6.45, 7) is 0.206. The molecule has 0 aliphatic heterocycles. The molecule has 2 rings (SSSR count). The molecule has 2 aromatic carbocycles. The first-order valence-electron chi connectivity index (χ1n) is 6.90. The van der Waals surface area contributed by atoms with Crippen LogP contribution >= 0.6 is 0 Å². The molecule has 0 radical (unpaired) electrons. The highest BCUT2D eigenvalue weighted by molar-refractivity contribution is 5.90. The number of ether oxygens (including phenoxy) is 2. The van der Waals surface area contributed by atoms with Crippen LogP contribution in [0.1, 0.15) is 5.56 Å². The number of para-hydroxylation sites is 2. The zero-order valence-corrected chi connectivity index (χ0v) is 12.7. The first-order valence-corrected chi connectivity index (χ1v) is 6.90. The van der Waals surface area contributed by atoms with Crippen LogP contribution in [0.5, 0.6) is 11.5 Å². The number of nitrogens with one attached hydrogen (secondary N) is 2. The predicted molar refractivity (Wildman–Crippen MR) is 82.0 cm³/mol. The normalized spacial score (nSPS) is 10.8. The van der Waals surface area contributed by atoms with Crippen molar-refractivity contribution >= 4 is 11.7 Å². The Morgan fingerprint density at radius 1 is 1.08 bits per heavy atom. The van der Waals surface area contributed by atoms with Crippen molar-refractivity contribution in [1.82, 2.24) is 5.32 Å². The zero-order chi connectivity index (χ0) is 17.6. The van der Waals surface area contributed by atoms with Gasteiger partial charge < -0.3 is 20.1 Å². The van der Waals surface area contributed by atoms with Crippen molar-refractivity contribution in [2.75, 3.05) is 12.4 Å². The first-order chi connectivity index (χ1) is 11.4. The molecule has 0 aromatic heterocycles. The molecule has 8 heteroatoms. The lowest BCUT2D eigenvalue weighted by Gasteiger charge is -2.14. The zero-order valence-electron chi connectivity index (χ0n) is 12.7. The van der Waals surface area contributed by atoms with Crippen molar-refractivity contribution in [1.29, 1.82) is 0 Å². The van der Waals surface area contributed by atoms with Crippen LogP contribution in [0.2, 0.25) is 0 Å². The van der Waals surface area contributed by atoms with Gasteiger partial charge in [0.2, 0.25) is 0 Å². The van der Waals surface area contributed by atoms with Gasteiger partial charge in [-0.3, -0.25) is 0 Å². The number of anilines is 1. The van der Waals surface area contributed by atoms with E-state index in [0.717, 1.165) is 11.6 Å². The van der Waals surface area contributed by atoms with Gasteiger partial charge in [-0.2, -0.15) is 0 Å². The maximum atomic E-state index is 12.3. The maximum Gasteiger partial charge on any atom is 0.573 e. The van der Waals surface area contributed by atoms with E-state index in [0.29, 0.717) is 5.75 Å². The number of alkyl halides is 3. The molecule has 128 valence electrons. The van der Waals surface area contributed by atoms with Gasteiger partial charge in [0.25, 0.3) is 0 Å². The fourth-order valence-corrected chi connectivity index (χ4v) is 1.88. The Labute approximate surface area is 136 Å². The van der Waals surface area contributed by atoms with E-state index in [1.54, 1.807) is 31.4 Å². The SMILES string of the molecule is COc1ccc(CNC(=O)Nc2ccccc2OC(F)(F)F)cc1. The number of amides is 2. The third kappa shape index (κ3) is 5.38.